The van der Waals surface area contributed by atoms with Gasteiger partial charge in [0, 0.05) is 12.6 Å². The molecular formula is C12H16F2N2O2S. The van der Waals surface area contributed by atoms with E-state index in [1.165, 1.54) is 0 Å². The Kier molecular flexibility index (Phi) is 4.05. The van der Waals surface area contributed by atoms with Crippen molar-refractivity contribution < 1.29 is 17.2 Å². The highest BCUT2D eigenvalue weighted by Gasteiger charge is 2.35. The molecule has 1 aliphatic heterocycles. The van der Waals surface area contributed by atoms with Crippen LogP contribution in [-0.4, -0.2) is 27.8 Å². The molecule has 0 saturated carbocycles. The summed E-state index contributed by atoms with van der Waals surface area (Å²) in [6, 6.07) is 6.77. The van der Waals surface area contributed by atoms with Gasteiger partial charge in [0.1, 0.15) is 0 Å². The molecule has 1 N–H and O–H groups in total. The molecule has 0 fully saturated rings. The predicted octanol–water partition coefficient (Wildman–Crippen LogP) is 2.10. The van der Waals surface area contributed by atoms with E-state index >= 15 is 0 Å². The number of hydrogen-bond donors (Lipinski definition) is 1. The lowest BCUT2D eigenvalue weighted by molar-refractivity contribution is 0.234. The van der Waals surface area contributed by atoms with Crippen LogP contribution in [0.15, 0.2) is 24.3 Å². The molecule has 2 rings (SSSR count). The standard InChI is InChI=1S/C12H16F2N2O2S/c1-15-10-6-4-8-16(19(17,18)12(13)14)11-7-3-2-5-9(10)11/h2-3,5,7,10,12,15H,4,6,8H2,1H3. The van der Waals surface area contributed by atoms with Crippen LogP contribution < -0.4 is 9.62 Å². The van der Waals surface area contributed by atoms with Crippen LogP contribution in [0.5, 0.6) is 0 Å². The summed E-state index contributed by atoms with van der Waals surface area (Å²) in [5.74, 6) is -3.40. The lowest BCUT2D eigenvalue weighted by Crippen LogP contribution is -2.36. The number of alkyl halides is 2. The quantitative estimate of drug-likeness (QED) is 0.927. The van der Waals surface area contributed by atoms with Gasteiger partial charge in [-0.05, 0) is 31.5 Å². The van der Waals surface area contributed by atoms with Crippen molar-refractivity contribution in [1.29, 1.82) is 0 Å². The lowest BCUT2D eigenvalue weighted by atomic mass is 10.0. The maximum atomic E-state index is 12.8. The minimum atomic E-state index is -4.60. The Balaban J connectivity index is 2.53. The van der Waals surface area contributed by atoms with Gasteiger partial charge in [0.2, 0.25) is 0 Å². The van der Waals surface area contributed by atoms with Gasteiger partial charge in [-0.15, -0.1) is 0 Å². The number of hydrogen-bond acceptors (Lipinski definition) is 3. The van der Waals surface area contributed by atoms with Gasteiger partial charge >= 0.3 is 5.76 Å². The van der Waals surface area contributed by atoms with Crippen LogP contribution in [-0.2, 0) is 10.0 Å². The third kappa shape index (κ3) is 2.57. The Morgan fingerprint density at radius 1 is 1.37 bits per heavy atom. The van der Waals surface area contributed by atoms with Crippen LogP contribution >= 0.6 is 0 Å². The highest BCUT2D eigenvalue weighted by atomic mass is 32.2. The van der Waals surface area contributed by atoms with Crippen LogP contribution in [0, 0.1) is 0 Å². The normalized spacial score (nSPS) is 20.2. The fraction of sp³-hybridized carbons (Fsp3) is 0.500. The first-order valence-corrected chi connectivity index (χ1v) is 7.54. The Hall–Kier alpha value is -1.21. The van der Waals surface area contributed by atoms with Crippen LogP contribution in [0.2, 0.25) is 0 Å². The number of halogens is 2. The highest BCUT2D eigenvalue weighted by molar-refractivity contribution is 7.93. The number of sulfonamides is 1. The van der Waals surface area contributed by atoms with Crippen LogP contribution in [0.25, 0.3) is 0 Å². The van der Waals surface area contributed by atoms with E-state index in [-0.39, 0.29) is 12.6 Å². The molecule has 0 saturated heterocycles. The number of fused-ring (bicyclic) bond motifs is 1. The fourth-order valence-electron chi connectivity index (χ4n) is 2.38. The predicted molar refractivity (Wildman–Crippen MR) is 69.7 cm³/mol. The molecule has 106 valence electrons. The molecule has 1 unspecified atom stereocenters. The number of nitrogens with one attached hydrogen (secondary N) is 1. The maximum absolute atomic E-state index is 12.8. The largest absolute Gasteiger partial charge is 0.355 e. The summed E-state index contributed by atoms with van der Waals surface area (Å²) >= 11 is 0. The summed E-state index contributed by atoms with van der Waals surface area (Å²) in [6.07, 6.45) is 1.24. The van der Waals surface area contributed by atoms with Gasteiger partial charge in [0.05, 0.1) is 5.69 Å². The third-order valence-corrected chi connectivity index (χ3v) is 4.76. The van der Waals surface area contributed by atoms with Crippen molar-refractivity contribution in [3.8, 4) is 0 Å². The number of anilines is 1. The molecule has 0 aromatic heterocycles. The topological polar surface area (TPSA) is 49.4 Å². The Morgan fingerprint density at radius 2 is 2.05 bits per heavy atom. The lowest BCUT2D eigenvalue weighted by Gasteiger charge is -2.24. The second-order valence-corrected chi connectivity index (χ2v) is 6.25. The zero-order valence-electron chi connectivity index (χ0n) is 10.5. The second kappa shape index (κ2) is 5.42. The molecule has 1 aliphatic rings. The average Bonchev–Trinajstić information content (AvgIpc) is 2.57. The van der Waals surface area contributed by atoms with Gasteiger partial charge in [-0.25, -0.2) is 8.42 Å². The fourth-order valence-corrected chi connectivity index (χ4v) is 3.40. The minimum Gasteiger partial charge on any atom is -0.313 e. The molecule has 1 atom stereocenters. The number of rotatable bonds is 3. The summed E-state index contributed by atoms with van der Waals surface area (Å²) in [5.41, 5.74) is 1.09. The van der Waals surface area contributed by atoms with E-state index in [0.717, 1.165) is 9.87 Å². The molecule has 0 bridgehead atoms. The van der Waals surface area contributed by atoms with Crippen LogP contribution in [0.3, 0.4) is 0 Å². The van der Waals surface area contributed by atoms with E-state index in [1.807, 2.05) is 0 Å². The first-order chi connectivity index (χ1) is 8.98. The Labute approximate surface area is 111 Å². The molecule has 1 heterocycles. The van der Waals surface area contributed by atoms with Gasteiger partial charge in [0.15, 0.2) is 0 Å². The van der Waals surface area contributed by atoms with E-state index in [1.54, 1.807) is 31.3 Å². The molecule has 0 radical (unpaired) electrons. The van der Waals surface area contributed by atoms with Crippen molar-refractivity contribution in [2.24, 2.45) is 0 Å². The number of para-hydroxylation sites is 1. The molecule has 4 nitrogen and oxygen atoms in total. The van der Waals surface area contributed by atoms with Crippen LogP contribution in [0.4, 0.5) is 14.5 Å². The van der Waals surface area contributed by atoms with Crippen molar-refractivity contribution in [3.05, 3.63) is 29.8 Å². The summed E-state index contributed by atoms with van der Waals surface area (Å²) in [5, 5.41) is 3.09. The molecule has 0 aliphatic carbocycles. The van der Waals surface area contributed by atoms with Crippen molar-refractivity contribution in [2.45, 2.75) is 24.6 Å². The molecule has 19 heavy (non-hydrogen) atoms. The maximum Gasteiger partial charge on any atom is 0.355 e. The van der Waals surface area contributed by atoms with E-state index in [2.05, 4.69) is 5.32 Å². The Bertz CT molecular complexity index is 548. The summed E-state index contributed by atoms with van der Waals surface area (Å²) in [7, 11) is -2.82. The third-order valence-electron chi connectivity index (χ3n) is 3.32. The van der Waals surface area contributed by atoms with Crippen LogP contribution in [0.1, 0.15) is 24.4 Å². The van der Waals surface area contributed by atoms with Crippen molar-refractivity contribution in [2.75, 3.05) is 17.9 Å². The minimum absolute atomic E-state index is 0.0194. The highest BCUT2D eigenvalue weighted by Crippen LogP contribution is 2.35. The first kappa shape index (κ1) is 14.2. The van der Waals surface area contributed by atoms with E-state index < -0.39 is 15.8 Å². The summed E-state index contributed by atoms with van der Waals surface area (Å²) < 4.78 is 49.9. The first-order valence-electron chi connectivity index (χ1n) is 6.04. The monoisotopic (exact) mass is 290 g/mol. The van der Waals surface area contributed by atoms with E-state index in [9.17, 15) is 17.2 Å². The van der Waals surface area contributed by atoms with E-state index in [4.69, 9.17) is 0 Å². The zero-order chi connectivity index (χ0) is 14.0. The Morgan fingerprint density at radius 3 is 2.68 bits per heavy atom. The van der Waals surface area contributed by atoms with Crippen molar-refractivity contribution >= 4 is 15.7 Å². The van der Waals surface area contributed by atoms with Gasteiger partial charge in [0.25, 0.3) is 10.0 Å². The molecule has 0 amide bonds. The van der Waals surface area contributed by atoms with Gasteiger partial charge in [-0.1, -0.05) is 18.2 Å². The summed E-state index contributed by atoms with van der Waals surface area (Å²) in [6.45, 7) is 0.0852. The second-order valence-electron chi connectivity index (χ2n) is 4.42. The molecule has 1 aromatic carbocycles. The number of benzene rings is 1. The average molecular weight is 290 g/mol. The van der Waals surface area contributed by atoms with Crippen molar-refractivity contribution in [3.63, 3.8) is 0 Å². The van der Waals surface area contributed by atoms with E-state index in [0.29, 0.717) is 18.5 Å². The molecule has 0 spiro atoms. The molecule has 7 heteroatoms. The zero-order valence-corrected chi connectivity index (χ0v) is 11.3. The number of nitrogens with zero attached hydrogens (tertiary/aromatic N) is 1. The van der Waals surface area contributed by atoms with Gasteiger partial charge < -0.3 is 5.32 Å². The van der Waals surface area contributed by atoms with Gasteiger partial charge in [-0.3, -0.25) is 4.31 Å². The SMILES string of the molecule is CNC1CCCN(S(=O)(=O)C(F)F)c2ccccc21. The molecular weight excluding hydrogens is 274 g/mol. The smallest absolute Gasteiger partial charge is 0.313 e. The summed E-state index contributed by atoms with van der Waals surface area (Å²) in [4.78, 5) is 0. The van der Waals surface area contributed by atoms with Gasteiger partial charge in [-0.2, -0.15) is 8.78 Å². The molecule has 1 aromatic rings. The van der Waals surface area contributed by atoms with Crippen molar-refractivity contribution in [1.82, 2.24) is 5.32 Å².